The van der Waals surface area contributed by atoms with Crippen LogP contribution in [0.15, 0.2) is 18.2 Å². The molecule has 98 valence electrons. The van der Waals surface area contributed by atoms with Crippen molar-refractivity contribution >= 4 is 23.5 Å². The maximum absolute atomic E-state index is 10.7. The molecule has 6 heteroatoms. The van der Waals surface area contributed by atoms with E-state index in [9.17, 15) is 9.59 Å². The van der Waals surface area contributed by atoms with Gasteiger partial charge in [-0.05, 0) is 36.1 Å². The predicted molar refractivity (Wildman–Crippen MR) is 66.7 cm³/mol. The summed E-state index contributed by atoms with van der Waals surface area (Å²) in [6.45, 7) is 0. The van der Waals surface area contributed by atoms with Gasteiger partial charge in [-0.15, -0.1) is 0 Å². The highest BCUT2D eigenvalue weighted by Crippen LogP contribution is 2.19. The molecule has 0 saturated carbocycles. The topological polar surface area (TPSA) is 101 Å². The lowest BCUT2D eigenvalue weighted by molar-refractivity contribution is -0.139. The molecule has 0 unspecified atom stereocenters. The van der Waals surface area contributed by atoms with Gasteiger partial charge in [0.1, 0.15) is 6.04 Å². The van der Waals surface area contributed by atoms with Crippen LogP contribution in [0.5, 0.6) is 0 Å². The fourth-order valence-electron chi connectivity index (χ4n) is 1.59. The number of hydrogen-bond donors (Lipinski definition) is 3. The van der Waals surface area contributed by atoms with Crippen molar-refractivity contribution in [3.05, 3.63) is 34.3 Å². The summed E-state index contributed by atoms with van der Waals surface area (Å²) in [7, 11) is 0. The summed E-state index contributed by atoms with van der Waals surface area (Å²) in [5.41, 5.74) is 6.91. The zero-order valence-electron chi connectivity index (χ0n) is 9.60. The predicted octanol–water partition coefficient (Wildman–Crippen LogP) is 1.31. The number of carboxylic acid groups (broad SMARTS) is 2. The average Bonchev–Trinajstić information content (AvgIpc) is 2.27. The molecule has 0 radical (unpaired) electrons. The zero-order chi connectivity index (χ0) is 13.7. The van der Waals surface area contributed by atoms with Gasteiger partial charge in [-0.3, -0.25) is 9.59 Å². The molecule has 1 rings (SSSR count). The van der Waals surface area contributed by atoms with Gasteiger partial charge in [0.05, 0.1) is 0 Å². The summed E-state index contributed by atoms with van der Waals surface area (Å²) in [4.78, 5) is 21.3. The molecule has 1 atom stereocenters. The van der Waals surface area contributed by atoms with E-state index >= 15 is 0 Å². The van der Waals surface area contributed by atoms with E-state index in [1.165, 1.54) is 0 Å². The van der Waals surface area contributed by atoms with Crippen LogP contribution in [0.4, 0.5) is 0 Å². The summed E-state index contributed by atoms with van der Waals surface area (Å²) >= 11 is 5.84. The molecule has 0 aromatic heterocycles. The average molecular weight is 272 g/mol. The van der Waals surface area contributed by atoms with Crippen LogP contribution in [-0.4, -0.2) is 28.2 Å². The molecule has 0 saturated heterocycles. The van der Waals surface area contributed by atoms with Crippen LogP contribution in [0, 0.1) is 0 Å². The summed E-state index contributed by atoms with van der Waals surface area (Å²) in [6, 6.07) is 3.96. The molecule has 0 aliphatic heterocycles. The molecule has 0 aliphatic rings. The van der Waals surface area contributed by atoms with Gasteiger partial charge in [0.2, 0.25) is 0 Å². The maximum Gasteiger partial charge on any atom is 0.320 e. The Morgan fingerprint density at radius 3 is 2.50 bits per heavy atom. The number of benzene rings is 1. The Kier molecular flexibility index (Phi) is 5.12. The fourth-order valence-corrected chi connectivity index (χ4v) is 1.79. The number of carbonyl (C=O) groups is 2. The van der Waals surface area contributed by atoms with E-state index in [2.05, 4.69) is 0 Å². The molecule has 5 nitrogen and oxygen atoms in total. The molecule has 0 bridgehead atoms. The fraction of sp³-hybridized carbons (Fsp3) is 0.333. The lowest BCUT2D eigenvalue weighted by atomic mass is 9.97. The Balaban J connectivity index is 2.89. The second-order valence-electron chi connectivity index (χ2n) is 3.96. The van der Waals surface area contributed by atoms with Gasteiger partial charge in [0.25, 0.3) is 0 Å². The number of aryl methyl sites for hydroxylation is 1. The minimum Gasteiger partial charge on any atom is -0.481 e. The third-order valence-corrected chi connectivity index (χ3v) is 2.77. The van der Waals surface area contributed by atoms with E-state index in [1.54, 1.807) is 18.2 Å². The molecule has 0 amide bonds. The van der Waals surface area contributed by atoms with Crippen molar-refractivity contribution in [1.82, 2.24) is 0 Å². The molecular formula is C12H14ClNO4. The normalized spacial score (nSPS) is 12.1. The highest BCUT2D eigenvalue weighted by molar-refractivity contribution is 6.30. The summed E-state index contributed by atoms with van der Waals surface area (Å²) in [6.07, 6.45) is 0.440. The van der Waals surface area contributed by atoms with Gasteiger partial charge in [0.15, 0.2) is 0 Å². The number of aliphatic carboxylic acids is 2. The molecule has 1 aromatic carbocycles. The van der Waals surface area contributed by atoms with Gasteiger partial charge >= 0.3 is 11.9 Å². The first-order valence-electron chi connectivity index (χ1n) is 5.37. The Labute approximate surface area is 109 Å². The van der Waals surface area contributed by atoms with E-state index in [-0.39, 0.29) is 12.8 Å². The maximum atomic E-state index is 10.7. The third kappa shape index (κ3) is 4.35. The SMILES string of the molecule is N[C@@H](Cc1cc(Cl)ccc1CCC(=O)O)C(=O)O. The van der Waals surface area contributed by atoms with Gasteiger partial charge in [-0.2, -0.15) is 0 Å². The Bertz CT molecular complexity index is 461. The van der Waals surface area contributed by atoms with Crippen LogP contribution >= 0.6 is 11.6 Å². The van der Waals surface area contributed by atoms with Gasteiger partial charge < -0.3 is 15.9 Å². The second-order valence-corrected chi connectivity index (χ2v) is 4.39. The van der Waals surface area contributed by atoms with Gasteiger partial charge in [-0.1, -0.05) is 17.7 Å². The van der Waals surface area contributed by atoms with Crippen molar-refractivity contribution in [3.8, 4) is 0 Å². The molecule has 0 heterocycles. The Hall–Kier alpha value is -1.59. The van der Waals surface area contributed by atoms with Crippen molar-refractivity contribution < 1.29 is 19.8 Å². The highest BCUT2D eigenvalue weighted by Gasteiger charge is 2.15. The van der Waals surface area contributed by atoms with E-state index in [0.717, 1.165) is 5.56 Å². The van der Waals surface area contributed by atoms with Crippen molar-refractivity contribution in [1.29, 1.82) is 0 Å². The molecule has 0 aliphatic carbocycles. The van der Waals surface area contributed by atoms with E-state index in [1.807, 2.05) is 0 Å². The number of hydrogen-bond acceptors (Lipinski definition) is 3. The van der Waals surface area contributed by atoms with Crippen molar-refractivity contribution in [2.24, 2.45) is 5.73 Å². The quantitative estimate of drug-likeness (QED) is 0.724. The number of rotatable bonds is 6. The van der Waals surface area contributed by atoms with Crippen LogP contribution in [0.25, 0.3) is 0 Å². The summed E-state index contributed by atoms with van der Waals surface area (Å²) < 4.78 is 0. The van der Waals surface area contributed by atoms with Crippen LogP contribution in [0.1, 0.15) is 17.5 Å². The molecule has 0 fully saturated rings. The van der Waals surface area contributed by atoms with Crippen molar-refractivity contribution in [2.75, 3.05) is 0 Å². The summed E-state index contributed by atoms with van der Waals surface area (Å²) in [5, 5.41) is 17.9. The van der Waals surface area contributed by atoms with Crippen molar-refractivity contribution in [3.63, 3.8) is 0 Å². The molecule has 1 aromatic rings. The van der Waals surface area contributed by atoms with Gasteiger partial charge in [0, 0.05) is 11.4 Å². The van der Waals surface area contributed by atoms with E-state index < -0.39 is 18.0 Å². The van der Waals surface area contributed by atoms with Gasteiger partial charge in [-0.25, -0.2) is 0 Å². The molecule has 0 spiro atoms. The first-order valence-corrected chi connectivity index (χ1v) is 5.75. The van der Waals surface area contributed by atoms with Crippen LogP contribution < -0.4 is 5.73 Å². The Morgan fingerprint density at radius 2 is 1.94 bits per heavy atom. The lowest BCUT2D eigenvalue weighted by Crippen LogP contribution is -2.32. The van der Waals surface area contributed by atoms with E-state index in [4.69, 9.17) is 27.5 Å². The number of carboxylic acids is 2. The lowest BCUT2D eigenvalue weighted by Gasteiger charge is -2.12. The minimum absolute atomic E-state index is 0.0169. The Morgan fingerprint density at radius 1 is 1.28 bits per heavy atom. The minimum atomic E-state index is -1.10. The second kappa shape index (κ2) is 6.37. The molecule has 4 N–H and O–H groups in total. The van der Waals surface area contributed by atoms with Crippen molar-refractivity contribution in [2.45, 2.75) is 25.3 Å². The first-order chi connectivity index (χ1) is 8.40. The van der Waals surface area contributed by atoms with Crippen LogP contribution in [-0.2, 0) is 22.4 Å². The van der Waals surface area contributed by atoms with E-state index in [0.29, 0.717) is 17.0 Å². The standard InChI is InChI=1S/C12H14ClNO4/c13-9-3-1-7(2-4-11(15)16)8(5-9)6-10(14)12(17)18/h1,3,5,10H,2,4,6,14H2,(H,15,16)(H,17,18)/t10-/m0/s1. The third-order valence-electron chi connectivity index (χ3n) is 2.53. The highest BCUT2D eigenvalue weighted by atomic mass is 35.5. The number of nitrogens with two attached hydrogens (primary N) is 1. The van der Waals surface area contributed by atoms with Crippen LogP contribution in [0.2, 0.25) is 5.02 Å². The zero-order valence-corrected chi connectivity index (χ0v) is 10.4. The first kappa shape index (κ1) is 14.5. The summed E-state index contributed by atoms with van der Waals surface area (Å²) in [5.74, 6) is -2.00. The molecule has 18 heavy (non-hydrogen) atoms. The monoisotopic (exact) mass is 271 g/mol. The smallest absolute Gasteiger partial charge is 0.320 e. The largest absolute Gasteiger partial charge is 0.481 e. The molecular weight excluding hydrogens is 258 g/mol. The van der Waals surface area contributed by atoms with Crippen LogP contribution in [0.3, 0.4) is 0 Å². The number of halogens is 1.